The van der Waals surface area contributed by atoms with E-state index in [-0.39, 0.29) is 81.7 Å². The van der Waals surface area contributed by atoms with E-state index in [9.17, 15) is 46.1 Å². The molecule has 380 valence electrons. The molecule has 8 aromatic carbocycles. The van der Waals surface area contributed by atoms with Crippen molar-refractivity contribution in [2.75, 3.05) is 19.5 Å². The zero-order valence-corrected chi connectivity index (χ0v) is 45.5. The Morgan fingerprint density at radius 3 is 1.63 bits per heavy atom. The van der Waals surface area contributed by atoms with Crippen molar-refractivity contribution < 1.29 is 55.5 Å². The molecule has 0 aromatic heterocycles. The Kier molecular flexibility index (Phi) is 19.0. The standard InChI is InChI=1S/2C26H22ClN3O6S.Ca/c2*1-3-15-12-23(37(33,34)35)22(14-21(15)27)29-30-24-19-10-5-4-7-16(19)11-20(25(24)31)26(32)28-17-8-6-9-18(13-17)36-2;/h2*4-14,31H,3H2,1-2H3,(H,28,32)(H,33,34,35);/q;;+2/p-2. The smallest absolute Gasteiger partial charge is 0.871 e. The molecule has 8 rings (SSSR count). The fraction of sp³-hybridized carbons (Fsp3) is 0.115. The first kappa shape index (κ1) is 57.6. The van der Waals surface area contributed by atoms with E-state index in [1.165, 1.54) is 50.6 Å². The minimum atomic E-state index is -4.67. The van der Waals surface area contributed by atoms with Gasteiger partial charge in [0.2, 0.25) is 0 Å². The Hall–Kier alpha value is -6.72. The number of nitrogens with one attached hydrogen (secondary N) is 1. The first-order chi connectivity index (χ1) is 35.2. The van der Waals surface area contributed by atoms with Gasteiger partial charge in [0.15, 0.2) is 5.75 Å². The summed E-state index contributed by atoms with van der Waals surface area (Å²) in [5.41, 5.74) is 0.657. The topological polar surface area (TPSA) is 284 Å². The number of carbonyl (C=O) groups excluding carboxylic acids is 1. The van der Waals surface area contributed by atoms with Crippen molar-refractivity contribution in [2.24, 2.45) is 25.4 Å². The number of aryl methyl sites for hydroxylation is 2. The summed E-state index contributed by atoms with van der Waals surface area (Å²) in [5.74, 6) is -1.59. The SMILES string of the molecule is CCc1cc(S(=O)(=O)O)c(N=Nc2c(O)c(C(=O)Nc3cccc(OC)c3)cc3ccccc23)cc1Cl.CCc1cc(S(=O)(=O)O)c(N=Nc2c([O-])c(C([O-])=Nc3cccc(OC)c3)cc3ccccc23)cc1Cl.[Ca+2]. The van der Waals surface area contributed by atoms with Crippen LogP contribution in [0.15, 0.2) is 169 Å². The van der Waals surface area contributed by atoms with Gasteiger partial charge in [0.05, 0.1) is 31.2 Å². The molecule has 4 N–H and O–H groups in total. The number of amides is 1. The number of phenolic OH excluding ortho intramolecular Hbond substituents is 1. The molecule has 0 radical (unpaired) electrons. The molecule has 75 heavy (non-hydrogen) atoms. The number of methoxy groups -OCH3 is 2. The van der Waals surface area contributed by atoms with Gasteiger partial charge in [-0.15, -0.1) is 15.3 Å². The minimum absolute atomic E-state index is 0. The molecule has 1 amide bonds. The van der Waals surface area contributed by atoms with Gasteiger partial charge in [0, 0.05) is 38.6 Å². The third-order valence-electron chi connectivity index (χ3n) is 11.1. The average Bonchev–Trinajstić information content (AvgIpc) is 3.37. The van der Waals surface area contributed by atoms with E-state index in [1.807, 2.05) is 0 Å². The number of halogens is 2. The predicted molar refractivity (Wildman–Crippen MR) is 285 cm³/mol. The van der Waals surface area contributed by atoms with Crippen LogP contribution in [0.25, 0.3) is 21.5 Å². The maximum absolute atomic E-state index is 13.4. The molecular weight excluding hydrogens is 1080 g/mol. The summed E-state index contributed by atoms with van der Waals surface area (Å²) < 4.78 is 77.6. The molecule has 0 unspecified atom stereocenters. The molecule has 0 bridgehead atoms. The number of fused-ring (bicyclic) bond motifs is 2. The number of ether oxygens (including phenoxy) is 2. The summed E-state index contributed by atoms with van der Waals surface area (Å²) in [6.07, 6.45) is 0.837. The first-order valence-electron chi connectivity index (χ1n) is 22.0. The second-order valence-electron chi connectivity index (χ2n) is 15.8. The van der Waals surface area contributed by atoms with Crippen molar-refractivity contribution in [3.05, 3.63) is 166 Å². The fourth-order valence-corrected chi connectivity index (χ4v) is 9.30. The van der Waals surface area contributed by atoms with E-state index in [1.54, 1.807) is 111 Å². The second kappa shape index (κ2) is 24.7. The Morgan fingerprint density at radius 2 is 1.11 bits per heavy atom. The quantitative estimate of drug-likeness (QED) is 0.0260. The number of hydrogen-bond donors (Lipinski definition) is 4. The van der Waals surface area contributed by atoms with Gasteiger partial charge in [0.25, 0.3) is 26.1 Å². The van der Waals surface area contributed by atoms with E-state index in [0.717, 1.165) is 0 Å². The maximum Gasteiger partial charge on any atom is 2.00 e. The average molecular weight is 1120 g/mol. The minimum Gasteiger partial charge on any atom is -0.871 e. The van der Waals surface area contributed by atoms with Crippen LogP contribution < -0.4 is 25.0 Å². The zero-order chi connectivity index (χ0) is 53.5. The summed E-state index contributed by atoms with van der Waals surface area (Å²) in [5, 5.41) is 58.6. The van der Waals surface area contributed by atoms with Crippen molar-refractivity contribution in [3.63, 3.8) is 0 Å². The number of hydrogen-bond acceptors (Lipinski definition) is 15. The number of nitrogens with zero attached hydrogens (tertiary/aromatic N) is 5. The number of aliphatic imine (C=N–C) groups is 1. The van der Waals surface area contributed by atoms with Crippen LogP contribution in [0.1, 0.15) is 40.9 Å². The number of rotatable bonds is 14. The number of phenols is 1. The molecule has 8 aromatic rings. The van der Waals surface area contributed by atoms with E-state index in [0.29, 0.717) is 68.4 Å². The van der Waals surface area contributed by atoms with Crippen molar-refractivity contribution in [1.82, 2.24) is 0 Å². The number of carbonyl (C=O) groups is 1. The second-order valence-corrected chi connectivity index (χ2v) is 19.4. The van der Waals surface area contributed by atoms with Gasteiger partial charge in [-0.25, -0.2) is 0 Å². The molecule has 23 heteroatoms. The molecule has 0 heterocycles. The third-order valence-corrected chi connectivity index (χ3v) is 13.6. The summed E-state index contributed by atoms with van der Waals surface area (Å²) in [6.45, 7) is 3.55. The maximum atomic E-state index is 13.4. The number of benzene rings is 8. The molecule has 0 saturated carbocycles. The monoisotopic (exact) mass is 1120 g/mol. The molecule has 0 atom stereocenters. The van der Waals surface area contributed by atoms with E-state index in [4.69, 9.17) is 32.7 Å². The van der Waals surface area contributed by atoms with Crippen molar-refractivity contribution in [3.8, 4) is 23.0 Å². The van der Waals surface area contributed by atoms with Crippen LogP contribution in [-0.4, -0.2) is 94.8 Å². The molecule has 18 nitrogen and oxygen atoms in total. The van der Waals surface area contributed by atoms with Gasteiger partial charge in [0.1, 0.15) is 38.4 Å². The normalized spacial score (nSPS) is 11.9. The van der Waals surface area contributed by atoms with Crippen LogP contribution in [0.5, 0.6) is 23.0 Å². The van der Waals surface area contributed by atoms with Gasteiger partial charge in [-0.1, -0.05) is 103 Å². The van der Waals surface area contributed by atoms with Gasteiger partial charge < -0.3 is 30.1 Å². The Morgan fingerprint density at radius 1 is 0.627 bits per heavy atom. The van der Waals surface area contributed by atoms with Crippen LogP contribution in [0, 0.1) is 0 Å². The number of azo groups is 2. The molecular formula is C52H42CaCl2N6O12S2. The number of anilines is 1. The molecule has 0 saturated heterocycles. The van der Waals surface area contributed by atoms with E-state index < -0.39 is 53.3 Å². The molecule has 0 fully saturated rings. The molecule has 0 aliphatic heterocycles. The fourth-order valence-electron chi connectivity index (χ4n) is 7.41. The van der Waals surface area contributed by atoms with Crippen molar-refractivity contribution in [2.45, 2.75) is 36.5 Å². The molecule has 0 spiro atoms. The Labute approximate surface area is 470 Å². The molecule has 0 aliphatic rings. The first-order valence-corrected chi connectivity index (χ1v) is 25.6. The van der Waals surface area contributed by atoms with Crippen LogP contribution in [0.2, 0.25) is 10.0 Å². The van der Waals surface area contributed by atoms with Crippen LogP contribution in [0.3, 0.4) is 0 Å². The van der Waals surface area contributed by atoms with Crippen molar-refractivity contribution in [1.29, 1.82) is 0 Å². The summed E-state index contributed by atoms with van der Waals surface area (Å²) in [6, 6.07) is 34.6. The summed E-state index contributed by atoms with van der Waals surface area (Å²) >= 11 is 12.5. The summed E-state index contributed by atoms with van der Waals surface area (Å²) in [7, 11) is -6.34. The summed E-state index contributed by atoms with van der Waals surface area (Å²) in [4.78, 5) is 16.1. The molecule has 0 aliphatic carbocycles. The zero-order valence-electron chi connectivity index (χ0n) is 40.1. The largest absolute Gasteiger partial charge is 2.00 e. The van der Waals surface area contributed by atoms with Crippen LogP contribution in [0.4, 0.5) is 34.1 Å². The van der Waals surface area contributed by atoms with E-state index in [2.05, 4.69) is 30.8 Å². The Balaban J connectivity index is 0.000000241. The van der Waals surface area contributed by atoms with Gasteiger partial charge in [-0.2, -0.15) is 21.9 Å². The van der Waals surface area contributed by atoms with Gasteiger partial charge in [-0.3, -0.25) is 18.9 Å². The van der Waals surface area contributed by atoms with Crippen LogP contribution in [-0.2, 0) is 33.1 Å². The van der Waals surface area contributed by atoms with Gasteiger partial charge >= 0.3 is 37.7 Å². The van der Waals surface area contributed by atoms with Crippen molar-refractivity contribution >= 4 is 149 Å². The van der Waals surface area contributed by atoms with Gasteiger partial charge in [-0.05, 0) is 107 Å². The van der Waals surface area contributed by atoms with E-state index >= 15 is 0 Å². The number of aromatic hydroxyl groups is 1. The predicted octanol–water partition coefficient (Wildman–Crippen LogP) is 11.5. The van der Waals surface area contributed by atoms with Crippen LogP contribution >= 0.6 is 23.2 Å². The Bertz CT molecular complexity index is 3830. The third kappa shape index (κ3) is 13.6.